The molecule has 1 amide bonds. The summed E-state index contributed by atoms with van der Waals surface area (Å²) in [6.45, 7) is 1.42. The van der Waals surface area contributed by atoms with Crippen LogP contribution >= 0.6 is 0 Å². The van der Waals surface area contributed by atoms with Crippen molar-refractivity contribution < 1.29 is 4.79 Å². The van der Waals surface area contributed by atoms with Crippen LogP contribution in [0.3, 0.4) is 0 Å². The predicted molar refractivity (Wildman–Crippen MR) is 73.5 cm³/mol. The average molecular weight is 257 g/mol. The van der Waals surface area contributed by atoms with Gasteiger partial charge >= 0.3 is 0 Å². The molecule has 1 fully saturated rings. The number of hydrogen-bond donors (Lipinski definition) is 1. The van der Waals surface area contributed by atoms with Crippen molar-refractivity contribution in [2.75, 3.05) is 13.1 Å². The van der Waals surface area contributed by atoms with Crippen molar-refractivity contribution in [3.8, 4) is 6.07 Å². The second kappa shape index (κ2) is 6.35. The zero-order chi connectivity index (χ0) is 13.7. The van der Waals surface area contributed by atoms with E-state index in [2.05, 4.69) is 6.07 Å². The molecule has 0 spiro atoms. The first-order chi connectivity index (χ1) is 9.26. The van der Waals surface area contributed by atoms with Gasteiger partial charge in [-0.1, -0.05) is 0 Å². The molecule has 1 unspecified atom stereocenters. The summed E-state index contributed by atoms with van der Waals surface area (Å²) < 4.78 is 0. The summed E-state index contributed by atoms with van der Waals surface area (Å²) in [6.07, 6.45) is 4.13. The molecule has 1 aromatic rings. The average Bonchev–Trinajstić information content (AvgIpc) is 2.47. The molecule has 0 aromatic heterocycles. The Morgan fingerprint density at radius 2 is 2.11 bits per heavy atom. The highest BCUT2D eigenvalue weighted by Crippen LogP contribution is 2.21. The van der Waals surface area contributed by atoms with Gasteiger partial charge in [0.2, 0.25) is 0 Å². The Kier molecular flexibility index (Phi) is 4.53. The van der Waals surface area contributed by atoms with Crippen LogP contribution in [0.25, 0.3) is 0 Å². The van der Waals surface area contributed by atoms with E-state index in [1.54, 1.807) is 24.3 Å². The first kappa shape index (κ1) is 13.6. The molecule has 0 radical (unpaired) electrons. The number of carbonyl (C=O) groups is 1. The zero-order valence-electron chi connectivity index (χ0n) is 11.0. The second-order valence-electron chi connectivity index (χ2n) is 4.91. The molecule has 1 heterocycles. The number of nitriles is 1. The molecule has 4 nitrogen and oxygen atoms in total. The summed E-state index contributed by atoms with van der Waals surface area (Å²) in [4.78, 5) is 14.4. The third kappa shape index (κ3) is 3.12. The Balaban J connectivity index is 2.14. The first-order valence-corrected chi connectivity index (χ1v) is 6.77. The number of benzene rings is 1. The van der Waals surface area contributed by atoms with Gasteiger partial charge in [0.05, 0.1) is 11.6 Å². The number of carbonyl (C=O) groups excluding carboxylic acids is 1. The number of nitrogens with zero attached hydrogens (tertiary/aromatic N) is 2. The molecule has 0 saturated carbocycles. The van der Waals surface area contributed by atoms with Crippen LogP contribution < -0.4 is 5.73 Å². The Morgan fingerprint density at radius 1 is 1.37 bits per heavy atom. The maximum atomic E-state index is 12.5. The fourth-order valence-electron chi connectivity index (χ4n) is 2.61. The Bertz CT molecular complexity index is 473. The van der Waals surface area contributed by atoms with Crippen LogP contribution in [0.5, 0.6) is 0 Å². The van der Waals surface area contributed by atoms with Gasteiger partial charge in [0.1, 0.15) is 0 Å². The Hall–Kier alpha value is -1.86. The van der Waals surface area contributed by atoms with Crippen LogP contribution in [0.4, 0.5) is 0 Å². The van der Waals surface area contributed by atoms with E-state index in [-0.39, 0.29) is 11.9 Å². The van der Waals surface area contributed by atoms with E-state index in [4.69, 9.17) is 11.0 Å². The van der Waals surface area contributed by atoms with Crippen LogP contribution in [0.1, 0.15) is 41.6 Å². The minimum atomic E-state index is 0.0580. The summed E-state index contributed by atoms with van der Waals surface area (Å²) in [6, 6.07) is 9.17. The SMILES string of the molecule is N#Cc1ccc(C(=O)N2CCCCC2CCN)cc1. The van der Waals surface area contributed by atoms with E-state index in [1.807, 2.05) is 4.90 Å². The van der Waals surface area contributed by atoms with E-state index in [9.17, 15) is 4.79 Å². The number of nitrogens with two attached hydrogens (primary N) is 1. The monoisotopic (exact) mass is 257 g/mol. The molecule has 19 heavy (non-hydrogen) atoms. The maximum Gasteiger partial charge on any atom is 0.254 e. The lowest BCUT2D eigenvalue weighted by Crippen LogP contribution is -2.44. The van der Waals surface area contributed by atoms with Gasteiger partial charge in [0.15, 0.2) is 0 Å². The van der Waals surface area contributed by atoms with Crippen LogP contribution in [0, 0.1) is 11.3 Å². The molecule has 100 valence electrons. The van der Waals surface area contributed by atoms with Gasteiger partial charge in [-0.15, -0.1) is 0 Å². The van der Waals surface area contributed by atoms with E-state index < -0.39 is 0 Å². The van der Waals surface area contributed by atoms with Crippen molar-refractivity contribution in [2.45, 2.75) is 31.7 Å². The molecule has 0 bridgehead atoms. The van der Waals surface area contributed by atoms with Crippen molar-refractivity contribution in [2.24, 2.45) is 5.73 Å². The molecule has 2 rings (SSSR count). The molecule has 1 aliphatic rings. The Morgan fingerprint density at radius 3 is 2.74 bits per heavy atom. The first-order valence-electron chi connectivity index (χ1n) is 6.77. The van der Waals surface area contributed by atoms with Crippen LogP contribution in [-0.4, -0.2) is 29.9 Å². The quantitative estimate of drug-likeness (QED) is 0.899. The van der Waals surface area contributed by atoms with E-state index in [1.165, 1.54) is 6.42 Å². The molecule has 1 saturated heterocycles. The highest BCUT2D eigenvalue weighted by Gasteiger charge is 2.26. The predicted octanol–water partition coefficient (Wildman–Crippen LogP) is 1.90. The summed E-state index contributed by atoms with van der Waals surface area (Å²) in [5.74, 6) is 0.0580. The lowest BCUT2D eigenvalue weighted by atomic mass is 9.98. The fraction of sp³-hybridized carbons (Fsp3) is 0.467. The van der Waals surface area contributed by atoms with Crippen molar-refractivity contribution in [3.05, 3.63) is 35.4 Å². The largest absolute Gasteiger partial charge is 0.336 e. The molecule has 1 aliphatic heterocycles. The van der Waals surface area contributed by atoms with Gasteiger partial charge < -0.3 is 10.6 Å². The minimum absolute atomic E-state index is 0.0580. The van der Waals surface area contributed by atoms with E-state index in [0.717, 1.165) is 25.8 Å². The highest BCUT2D eigenvalue weighted by molar-refractivity contribution is 5.94. The molecule has 4 heteroatoms. The van der Waals surface area contributed by atoms with Crippen LogP contribution in [0.2, 0.25) is 0 Å². The van der Waals surface area contributed by atoms with E-state index >= 15 is 0 Å². The lowest BCUT2D eigenvalue weighted by Gasteiger charge is -2.35. The number of piperidine rings is 1. The topological polar surface area (TPSA) is 70.1 Å². The smallest absolute Gasteiger partial charge is 0.254 e. The van der Waals surface area contributed by atoms with Crippen molar-refractivity contribution >= 4 is 5.91 Å². The third-order valence-electron chi connectivity index (χ3n) is 3.65. The number of amides is 1. The van der Waals surface area contributed by atoms with Gasteiger partial charge in [-0.2, -0.15) is 5.26 Å². The van der Waals surface area contributed by atoms with Gasteiger partial charge in [-0.3, -0.25) is 4.79 Å². The normalized spacial score (nSPS) is 18.9. The minimum Gasteiger partial charge on any atom is -0.336 e. The van der Waals surface area contributed by atoms with Gasteiger partial charge in [0.25, 0.3) is 5.91 Å². The molecule has 1 atom stereocenters. The fourth-order valence-corrected chi connectivity index (χ4v) is 2.61. The number of rotatable bonds is 3. The highest BCUT2D eigenvalue weighted by atomic mass is 16.2. The van der Waals surface area contributed by atoms with Gasteiger partial charge in [-0.25, -0.2) is 0 Å². The van der Waals surface area contributed by atoms with Gasteiger partial charge in [0, 0.05) is 18.2 Å². The summed E-state index contributed by atoms with van der Waals surface area (Å²) in [5.41, 5.74) is 6.86. The summed E-state index contributed by atoms with van der Waals surface area (Å²) in [7, 11) is 0. The maximum absolute atomic E-state index is 12.5. The molecule has 1 aromatic carbocycles. The molecular formula is C15H19N3O. The Labute approximate surface area is 113 Å². The van der Waals surface area contributed by atoms with Crippen molar-refractivity contribution in [1.29, 1.82) is 5.26 Å². The second-order valence-corrected chi connectivity index (χ2v) is 4.91. The zero-order valence-corrected chi connectivity index (χ0v) is 11.0. The van der Waals surface area contributed by atoms with Crippen molar-refractivity contribution in [1.82, 2.24) is 4.90 Å². The molecule has 2 N–H and O–H groups in total. The standard InChI is InChI=1S/C15H19N3O/c16-9-8-14-3-1-2-10-18(14)15(19)13-6-4-12(11-17)5-7-13/h4-7,14H,1-3,8-10,16H2. The third-order valence-corrected chi connectivity index (χ3v) is 3.65. The van der Waals surface area contributed by atoms with E-state index in [0.29, 0.717) is 17.7 Å². The molecular weight excluding hydrogens is 238 g/mol. The van der Waals surface area contributed by atoms with Gasteiger partial charge in [-0.05, 0) is 56.5 Å². The summed E-state index contributed by atoms with van der Waals surface area (Å²) >= 11 is 0. The molecule has 0 aliphatic carbocycles. The number of hydrogen-bond acceptors (Lipinski definition) is 3. The van der Waals surface area contributed by atoms with Crippen molar-refractivity contribution in [3.63, 3.8) is 0 Å². The van der Waals surface area contributed by atoms with Crippen LogP contribution in [0.15, 0.2) is 24.3 Å². The summed E-state index contributed by atoms with van der Waals surface area (Å²) in [5, 5.41) is 8.77. The lowest BCUT2D eigenvalue weighted by molar-refractivity contribution is 0.0605. The van der Waals surface area contributed by atoms with Crippen LogP contribution in [-0.2, 0) is 0 Å². The number of likely N-dealkylation sites (tertiary alicyclic amines) is 1.